The van der Waals surface area contributed by atoms with Crippen molar-refractivity contribution < 1.29 is 14.3 Å². The predicted molar refractivity (Wildman–Crippen MR) is 94.2 cm³/mol. The Bertz CT molecular complexity index is 721. The SMILES string of the molecule is COc1ccc(C(=O)NCC2CCN(c3ccccc3OC)C2)nn1. The van der Waals surface area contributed by atoms with Crippen LogP contribution in [0.15, 0.2) is 36.4 Å². The van der Waals surface area contributed by atoms with Gasteiger partial charge in [-0.25, -0.2) is 0 Å². The molecule has 2 heterocycles. The number of amides is 1. The number of hydrogen-bond acceptors (Lipinski definition) is 6. The van der Waals surface area contributed by atoms with Crippen LogP contribution in [0.1, 0.15) is 16.9 Å². The molecule has 1 fully saturated rings. The molecule has 0 spiro atoms. The number of para-hydroxylation sites is 2. The average molecular weight is 342 g/mol. The third kappa shape index (κ3) is 3.99. The summed E-state index contributed by atoms with van der Waals surface area (Å²) in [5, 5.41) is 10.6. The number of carbonyl (C=O) groups is 1. The molecule has 0 aliphatic carbocycles. The normalized spacial score (nSPS) is 16.6. The number of anilines is 1. The van der Waals surface area contributed by atoms with E-state index in [4.69, 9.17) is 9.47 Å². The first kappa shape index (κ1) is 17.0. The fraction of sp³-hybridized carbons (Fsp3) is 0.389. The third-order valence-corrected chi connectivity index (χ3v) is 4.34. The second kappa shape index (κ2) is 7.83. The Balaban J connectivity index is 1.53. The van der Waals surface area contributed by atoms with Gasteiger partial charge in [0.2, 0.25) is 5.88 Å². The molecule has 1 aromatic heterocycles. The maximum atomic E-state index is 12.2. The van der Waals surface area contributed by atoms with Crippen molar-refractivity contribution in [1.29, 1.82) is 0 Å². The summed E-state index contributed by atoms with van der Waals surface area (Å²) in [5.74, 6) is 1.44. The summed E-state index contributed by atoms with van der Waals surface area (Å²) < 4.78 is 10.4. The summed E-state index contributed by atoms with van der Waals surface area (Å²) in [7, 11) is 3.19. The highest BCUT2D eigenvalue weighted by molar-refractivity contribution is 5.92. The number of hydrogen-bond donors (Lipinski definition) is 1. The molecule has 25 heavy (non-hydrogen) atoms. The quantitative estimate of drug-likeness (QED) is 0.862. The van der Waals surface area contributed by atoms with Gasteiger partial charge in [0.15, 0.2) is 5.69 Å². The molecule has 3 rings (SSSR count). The fourth-order valence-corrected chi connectivity index (χ4v) is 2.99. The lowest BCUT2D eigenvalue weighted by Crippen LogP contribution is -2.31. The van der Waals surface area contributed by atoms with Gasteiger partial charge >= 0.3 is 0 Å². The van der Waals surface area contributed by atoms with E-state index in [0.29, 0.717) is 24.0 Å². The lowest BCUT2D eigenvalue weighted by Gasteiger charge is -2.21. The number of rotatable bonds is 6. The van der Waals surface area contributed by atoms with Crippen molar-refractivity contribution in [2.24, 2.45) is 5.92 Å². The topological polar surface area (TPSA) is 76.6 Å². The maximum absolute atomic E-state index is 12.2. The molecular weight excluding hydrogens is 320 g/mol. The zero-order valence-electron chi connectivity index (χ0n) is 14.4. The zero-order chi connectivity index (χ0) is 17.6. The Hall–Kier alpha value is -2.83. The van der Waals surface area contributed by atoms with Crippen LogP contribution >= 0.6 is 0 Å². The minimum Gasteiger partial charge on any atom is -0.495 e. The molecule has 1 N–H and O–H groups in total. The molecule has 1 aromatic carbocycles. The Morgan fingerprint density at radius 2 is 2.04 bits per heavy atom. The first-order valence-electron chi connectivity index (χ1n) is 8.25. The van der Waals surface area contributed by atoms with Crippen LogP contribution in [-0.4, -0.2) is 50.0 Å². The second-order valence-electron chi connectivity index (χ2n) is 5.94. The van der Waals surface area contributed by atoms with Gasteiger partial charge in [0, 0.05) is 25.7 Å². The second-order valence-corrected chi connectivity index (χ2v) is 5.94. The number of benzene rings is 1. The van der Waals surface area contributed by atoms with Crippen molar-refractivity contribution in [3.05, 3.63) is 42.1 Å². The van der Waals surface area contributed by atoms with Gasteiger partial charge in [-0.2, -0.15) is 0 Å². The van der Waals surface area contributed by atoms with E-state index < -0.39 is 0 Å². The molecule has 2 aromatic rings. The highest BCUT2D eigenvalue weighted by Crippen LogP contribution is 2.31. The average Bonchev–Trinajstić information content (AvgIpc) is 3.15. The molecule has 0 bridgehead atoms. The van der Waals surface area contributed by atoms with Crippen molar-refractivity contribution in [1.82, 2.24) is 15.5 Å². The molecular formula is C18H22N4O3. The van der Waals surface area contributed by atoms with E-state index in [-0.39, 0.29) is 5.91 Å². The minimum atomic E-state index is -0.217. The standard InChI is InChI=1S/C18H22N4O3/c1-24-16-6-4-3-5-15(16)22-10-9-13(12-22)11-19-18(23)14-7-8-17(25-2)21-20-14/h3-8,13H,9-12H2,1-2H3,(H,19,23). The summed E-state index contributed by atoms with van der Waals surface area (Å²) >= 11 is 0. The highest BCUT2D eigenvalue weighted by atomic mass is 16.5. The molecule has 0 saturated carbocycles. The van der Waals surface area contributed by atoms with Crippen molar-refractivity contribution in [2.45, 2.75) is 6.42 Å². The smallest absolute Gasteiger partial charge is 0.271 e. The molecule has 1 saturated heterocycles. The van der Waals surface area contributed by atoms with Crippen LogP contribution < -0.4 is 19.7 Å². The number of aromatic nitrogens is 2. The molecule has 0 radical (unpaired) electrons. The number of nitrogens with one attached hydrogen (secondary N) is 1. The summed E-state index contributed by atoms with van der Waals surface area (Å²) in [6.45, 7) is 2.44. The van der Waals surface area contributed by atoms with Crippen molar-refractivity contribution in [2.75, 3.05) is 38.8 Å². The Kier molecular flexibility index (Phi) is 5.33. The number of methoxy groups -OCH3 is 2. The van der Waals surface area contributed by atoms with Crippen LogP contribution in [-0.2, 0) is 0 Å². The van der Waals surface area contributed by atoms with Crippen molar-refractivity contribution in [3.63, 3.8) is 0 Å². The molecule has 1 amide bonds. The van der Waals surface area contributed by atoms with Crippen LogP contribution in [0.5, 0.6) is 11.6 Å². The number of carbonyl (C=O) groups excluding carboxylic acids is 1. The van der Waals surface area contributed by atoms with E-state index in [0.717, 1.165) is 30.9 Å². The van der Waals surface area contributed by atoms with E-state index in [1.807, 2.05) is 18.2 Å². The van der Waals surface area contributed by atoms with Gasteiger partial charge in [0.05, 0.1) is 19.9 Å². The van der Waals surface area contributed by atoms with E-state index >= 15 is 0 Å². The highest BCUT2D eigenvalue weighted by Gasteiger charge is 2.25. The Morgan fingerprint density at radius 3 is 2.76 bits per heavy atom. The molecule has 7 nitrogen and oxygen atoms in total. The van der Waals surface area contributed by atoms with E-state index in [1.165, 1.54) is 7.11 Å². The minimum absolute atomic E-state index is 0.217. The molecule has 1 unspecified atom stereocenters. The third-order valence-electron chi connectivity index (χ3n) is 4.34. The summed E-state index contributed by atoms with van der Waals surface area (Å²) in [6, 6.07) is 11.2. The number of nitrogens with zero attached hydrogens (tertiary/aromatic N) is 3. The Morgan fingerprint density at radius 1 is 1.20 bits per heavy atom. The van der Waals surface area contributed by atoms with Gasteiger partial charge in [-0.1, -0.05) is 12.1 Å². The predicted octanol–water partition coefficient (Wildman–Crippen LogP) is 1.75. The van der Waals surface area contributed by atoms with Gasteiger partial charge in [-0.15, -0.1) is 10.2 Å². The van der Waals surface area contributed by atoms with Gasteiger partial charge in [0.1, 0.15) is 5.75 Å². The van der Waals surface area contributed by atoms with Crippen LogP contribution in [0.2, 0.25) is 0 Å². The monoisotopic (exact) mass is 342 g/mol. The molecule has 132 valence electrons. The van der Waals surface area contributed by atoms with Crippen LogP contribution in [0, 0.1) is 5.92 Å². The van der Waals surface area contributed by atoms with E-state index in [1.54, 1.807) is 19.2 Å². The lowest BCUT2D eigenvalue weighted by molar-refractivity contribution is 0.0942. The van der Waals surface area contributed by atoms with Gasteiger partial charge in [0.25, 0.3) is 5.91 Å². The van der Waals surface area contributed by atoms with E-state index in [2.05, 4.69) is 26.5 Å². The fourth-order valence-electron chi connectivity index (χ4n) is 2.99. The number of ether oxygens (including phenoxy) is 2. The van der Waals surface area contributed by atoms with Crippen molar-refractivity contribution >= 4 is 11.6 Å². The maximum Gasteiger partial charge on any atom is 0.271 e. The van der Waals surface area contributed by atoms with Crippen LogP contribution in [0.4, 0.5) is 5.69 Å². The van der Waals surface area contributed by atoms with Crippen LogP contribution in [0.25, 0.3) is 0 Å². The zero-order valence-corrected chi connectivity index (χ0v) is 14.4. The first-order chi connectivity index (χ1) is 12.2. The van der Waals surface area contributed by atoms with Gasteiger partial charge in [-0.3, -0.25) is 4.79 Å². The first-order valence-corrected chi connectivity index (χ1v) is 8.25. The summed E-state index contributed by atoms with van der Waals surface area (Å²) in [5.41, 5.74) is 1.39. The molecule has 7 heteroatoms. The molecule has 1 atom stereocenters. The summed E-state index contributed by atoms with van der Waals surface area (Å²) in [6.07, 6.45) is 1.02. The van der Waals surface area contributed by atoms with Gasteiger partial charge in [-0.05, 0) is 30.5 Å². The van der Waals surface area contributed by atoms with Crippen LogP contribution in [0.3, 0.4) is 0 Å². The van der Waals surface area contributed by atoms with E-state index in [9.17, 15) is 4.79 Å². The molecule has 1 aliphatic heterocycles. The Labute approximate surface area is 147 Å². The summed E-state index contributed by atoms with van der Waals surface area (Å²) in [4.78, 5) is 14.5. The van der Waals surface area contributed by atoms with Gasteiger partial charge < -0.3 is 19.7 Å². The lowest BCUT2D eigenvalue weighted by atomic mass is 10.1. The van der Waals surface area contributed by atoms with Crippen molar-refractivity contribution in [3.8, 4) is 11.6 Å². The molecule has 1 aliphatic rings. The largest absolute Gasteiger partial charge is 0.495 e.